The maximum Gasteiger partial charge on any atom is 0.398 e. The number of hydrogen-bond donors (Lipinski definition) is 5. The molecule has 108 valence electrons. The van der Waals surface area contributed by atoms with Crippen molar-refractivity contribution in [1.29, 1.82) is 0 Å². The van der Waals surface area contributed by atoms with Gasteiger partial charge in [0.25, 0.3) is 0 Å². The molecule has 0 radical (unpaired) electrons. The minimum atomic E-state index is -5.29. The third-order valence-corrected chi connectivity index (χ3v) is 4.39. The largest absolute Gasteiger partial charge is 0.398 e. The molecule has 1 unspecified atom stereocenters. The lowest BCUT2D eigenvalue weighted by Crippen LogP contribution is -2.48. The Bertz CT molecular complexity index is 344. The van der Waals surface area contributed by atoms with Crippen LogP contribution in [0.3, 0.4) is 0 Å². The maximum absolute atomic E-state index is 13.8. The molecule has 10 heteroatoms. The predicted octanol–water partition coefficient (Wildman–Crippen LogP) is -1.14. The van der Waals surface area contributed by atoms with Crippen LogP contribution in [0.25, 0.3) is 0 Å². The molecule has 0 aromatic rings. The van der Waals surface area contributed by atoms with E-state index in [0.717, 1.165) is 0 Å². The molecule has 7 nitrogen and oxygen atoms in total. The van der Waals surface area contributed by atoms with Crippen molar-refractivity contribution in [2.24, 2.45) is 0 Å². The van der Waals surface area contributed by atoms with E-state index in [9.17, 15) is 23.6 Å². The maximum atomic E-state index is 13.8. The first-order valence-electron chi connectivity index (χ1n) is 5.27. The predicted molar refractivity (Wildman–Crippen MR) is 56.2 cm³/mol. The second-order valence-corrected chi connectivity index (χ2v) is 5.84. The second-order valence-electron chi connectivity index (χ2n) is 3.94. The molecule has 0 saturated carbocycles. The lowest BCUT2D eigenvalue weighted by Gasteiger charge is -2.28. The van der Waals surface area contributed by atoms with Crippen molar-refractivity contribution < 1.29 is 38.1 Å². The number of aliphatic hydroxyl groups is 3. The number of hydrogen-bond acceptors (Lipinski definition) is 6. The molecule has 1 heterocycles. The molecule has 0 aromatic carbocycles. The molecule has 0 aliphatic carbocycles. The van der Waals surface area contributed by atoms with Gasteiger partial charge < -0.3 is 24.7 Å². The fourth-order valence-electron chi connectivity index (χ4n) is 1.77. The van der Waals surface area contributed by atoms with E-state index < -0.39 is 50.8 Å². The van der Waals surface area contributed by atoms with E-state index in [-0.39, 0.29) is 0 Å². The molecule has 1 aliphatic heterocycles. The third kappa shape index (κ3) is 2.57. The van der Waals surface area contributed by atoms with Crippen molar-refractivity contribution >= 4 is 7.60 Å². The van der Waals surface area contributed by atoms with Gasteiger partial charge in [0, 0.05) is 0 Å². The minimum absolute atomic E-state index is 0.405. The van der Waals surface area contributed by atoms with Gasteiger partial charge in [0.1, 0.15) is 12.1 Å². The number of halogens is 2. The second kappa shape index (κ2) is 5.46. The zero-order chi connectivity index (χ0) is 14.1. The van der Waals surface area contributed by atoms with Crippen LogP contribution in [-0.2, 0) is 9.09 Å². The average molecular weight is 291 g/mol. The molecular formula is C8H16F2NO6P. The highest BCUT2D eigenvalue weighted by molar-refractivity contribution is 7.54. The summed E-state index contributed by atoms with van der Waals surface area (Å²) < 4.78 is 43.0. The number of nitrogens with one attached hydrogen (secondary N) is 1. The van der Waals surface area contributed by atoms with Crippen LogP contribution in [0.2, 0.25) is 0 Å². The van der Waals surface area contributed by atoms with E-state index in [4.69, 9.17) is 10.00 Å². The van der Waals surface area contributed by atoms with Crippen LogP contribution in [0.1, 0.15) is 6.92 Å². The van der Waals surface area contributed by atoms with E-state index in [1.165, 1.54) is 6.92 Å². The van der Waals surface area contributed by atoms with Crippen molar-refractivity contribution in [2.75, 3.05) is 13.2 Å². The van der Waals surface area contributed by atoms with Crippen LogP contribution < -0.4 is 5.32 Å². The standard InChI is InChI=1S/C8H16F2NO6P/c1-2-17-18(15,16)8(9,10)7-6(14)5(13)4(3-12)11-7/h4-7,11-14H,2-3H2,1H3,(H,15,16)/t4-,5+,6-,7+/m0/s1. The smallest absolute Gasteiger partial charge is 0.395 e. The number of rotatable bonds is 5. The Labute approximate surface area is 102 Å². The molecule has 5 atom stereocenters. The summed E-state index contributed by atoms with van der Waals surface area (Å²) in [6, 6.07) is -3.37. The van der Waals surface area contributed by atoms with Crippen molar-refractivity contribution in [3.05, 3.63) is 0 Å². The molecule has 5 N–H and O–H groups in total. The number of alkyl halides is 2. The van der Waals surface area contributed by atoms with Crippen molar-refractivity contribution in [3.8, 4) is 0 Å². The van der Waals surface area contributed by atoms with Crippen LogP contribution in [-0.4, -0.2) is 63.4 Å². The van der Waals surface area contributed by atoms with Gasteiger partial charge in [-0.2, -0.15) is 8.78 Å². The first kappa shape index (κ1) is 15.9. The van der Waals surface area contributed by atoms with Crippen LogP contribution in [0.5, 0.6) is 0 Å². The van der Waals surface area contributed by atoms with E-state index in [2.05, 4.69) is 4.52 Å². The minimum Gasteiger partial charge on any atom is -0.395 e. The van der Waals surface area contributed by atoms with E-state index in [1.807, 2.05) is 5.32 Å². The van der Waals surface area contributed by atoms with E-state index >= 15 is 0 Å². The molecule has 0 amide bonds. The molecule has 0 spiro atoms. The quantitative estimate of drug-likeness (QED) is 0.406. The summed E-state index contributed by atoms with van der Waals surface area (Å²) in [4.78, 5) is 9.15. The highest BCUT2D eigenvalue weighted by Gasteiger charge is 2.63. The summed E-state index contributed by atoms with van der Waals surface area (Å²) in [5.74, 6) is 0. The number of aliphatic hydroxyl groups excluding tert-OH is 3. The highest BCUT2D eigenvalue weighted by Crippen LogP contribution is 2.60. The van der Waals surface area contributed by atoms with Gasteiger partial charge in [-0.1, -0.05) is 0 Å². The monoisotopic (exact) mass is 291 g/mol. The van der Waals surface area contributed by atoms with Crippen LogP contribution in [0.15, 0.2) is 0 Å². The van der Waals surface area contributed by atoms with Gasteiger partial charge in [-0.05, 0) is 6.92 Å². The van der Waals surface area contributed by atoms with E-state index in [1.54, 1.807) is 0 Å². The van der Waals surface area contributed by atoms with Crippen LogP contribution in [0, 0.1) is 0 Å². The summed E-state index contributed by atoms with van der Waals surface area (Å²) in [6.07, 6.45) is -3.65. The summed E-state index contributed by atoms with van der Waals surface area (Å²) in [7, 11) is -5.29. The van der Waals surface area contributed by atoms with Crippen molar-refractivity contribution in [2.45, 2.75) is 36.9 Å². The zero-order valence-corrected chi connectivity index (χ0v) is 10.4. The van der Waals surface area contributed by atoms with Gasteiger partial charge in [0.2, 0.25) is 0 Å². The topological polar surface area (TPSA) is 119 Å². The van der Waals surface area contributed by atoms with Crippen molar-refractivity contribution in [3.63, 3.8) is 0 Å². The zero-order valence-electron chi connectivity index (χ0n) is 9.53. The molecule has 1 rings (SSSR count). The van der Waals surface area contributed by atoms with E-state index in [0.29, 0.717) is 0 Å². The molecule has 1 fully saturated rings. The summed E-state index contributed by atoms with van der Waals surface area (Å²) in [5.41, 5.74) is -4.28. The summed E-state index contributed by atoms with van der Waals surface area (Å²) in [6.45, 7) is 0.163. The Kier molecular flexibility index (Phi) is 4.82. The van der Waals surface area contributed by atoms with Gasteiger partial charge in [0.15, 0.2) is 0 Å². The fourth-order valence-corrected chi connectivity index (χ4v) is 2.87. The van der Waals surface area contributed by atoms with Crippen LogP contribution >= 0.6 is 7.60 Å². The Morgan fingerprint density at radius 1 is 1.39 bits per heavy atom. The summed E-state index contributed by atoms with van der Waals surface area (Å²) in [5, 5.41) is 29.6. The van der Waals surface area contributed by atoms with Gasteiger partial charge in [-0.25, -0.2) is 0 Å². The lowest BCUT2D eigenvalue weighted by atomic mass is 10.1. The molecule has 1 aliphatic rings. The molecular weight excluding hydrogens is 275 g/mol. The molecule has 0 bridgehead atoms. The Balaban J connectivity index is 2.96. The SMILES string of the molecule is CCOP(=O)(O)C(F)(F)[C@@H]1N[C@@H](CO)[C@@H](O)[C@@H]1O. The third-order valence-electron chi connectivity index (χ3n) is 2.75. The van der Waals surface area contributed by atoms with Crippen LogP contribution in [0.4, 0.5) is 8.78 Å². The Morgan fingerprint density at radius 3 is 2.33 bits per heavy atom. The molecule has 0 aromatic heterocycles. The normalized spacial score (nSPS) is 36.6. The van der Waals surface area contributed by atoms with Gasteiger partial charge in [0.05, 0.1) is 25.4 Å². The van der Waals surface area contributed by atoms with Gasteiger partial charge in [-0.3, -0.25) is 9.88 Å². The summed E-state index contributed by atoms with van der Waals surface area (Å²) >= 11 is 0. The fraction of sp³-hybridized carbons (Fsp3) is 1.00. The average Bonchev–Trinajstić information content (AvgIpc) is 2.56. The molecule has 18 heavy (non-hydrogen) atoms. The van der Waals surface area contributed by atoms with Gasteiger partial charge >= 0.3 is 13.3 Å². The Hall–Kier alpha value is -0.150. The highest BCUT2D eigenvalue weighted by atomic mass is 31.2. The Morgan fingerprint density at radius 2 is 1.94 bits per heavy atom. The molecule has 1 saturated heterocycles. The van der Waals surface area contributed by atoms with Crippen molar-refractivity contribution in [1.82, 2.24) is 5.32 Å². The van der Waals surface area contributed by atoms with Gasteiger partial charge in [-0.15, -0.1) is 0 Å². The first-order valence-corrected chi connectivity index (χ1v) is 6.85. The first-order chi connectivity index (χ1) is 8.19. The lowest BCUT2D eigenvalue weighted by molar-refractivity contribution is -0.0434.